The van der Waals surface area contributed by atoms with Gasteiger partial charge in [0.2, 0.25) is 5.88 Å². The number of pyridine rings is 1. The predicted octanol–water partition coefficient (Wildman–Crippen LogP) is 5.30. The fraction of sp³-hybridized carbons (Fsp3) is 0.238. The van der Waals surface area contributed by atoms with Crippen molar-refractivity contribution >= 4 is 11.8 Å². The first-order valence-corrected chi connectivity index (χ1v) is 9.22. The molecule has 8 heteroatoms. The zero-order valence-electron chi connectivity index (χ0n) is 15.5. The number of rotatable bonds is 4. The maximum Gasteiger partial charge on any atom is 0.417 e. The van der Waals surface area contributed by atoms with Gasteiger partial charge >= 0.3 is 6.18 Å². The molecule has 1 aliphatic heterocycles. The van der Waals surface area contributed by atoms with Crippen molar-refractivity contribution < 1.29 is 17.9 Å². The second kappa shape index (κ2) is 7.98. The summed E-state index contributed by atoms with van der Waals surface area (Å²) in [6, 6.07) is 9.62. The molecule has 0 bridgehead atoms. The summed E-state index contributed by atoms with van der Waals surface area (Å²) >= 11 is 0. The number of alkyl halides is 3. The van der Waals surface area contributed by atoms with Crippen LogP contribution in [0.4, 0.5) is 18.9 Å². The SMILES string of the molecule is FC(F)(F)c1ccc(Oc2cccc(C=C3CCN(c4cn[nH]c4)CC3)c2)nc1. The Morgan fingerprint density at radius 3 is 2.55 bits per heavy atom. The van der Waals surface area contributed by atoms with Crippen molar-refractivity contribution in [3.05, 3.63) is 71.7 Å². The molecule has 3 heterocycles. The van der Waals surface area contributed by atoms with Crippen LogP contribution in [-0.4, -0.2) is 28.3 Å². The van der Waals surface area contributed by atoms with Crippen LogP contribution in [0.3, 0.4) is 0 Å². The van der Waals surface area contributed by atoms with E-state index < -0.39 is 11.7 Å². The highest BCUT2D eigenvalue weighted by Gasteiger charge is 2.30. The Morgan fingerprint density at radius 2 is 1.90 bits per heavy atom. The lowest BCUT2D eigenvalue weighted by Crippen LogP contribution is -2.30. The molecule has 1 aromatic carbocycles. The molecule has 4 rings (SSSR count). The molecule has 1 saturated heterocycles. The number of hydrogen-bond donors (Lipinski definition) is 1. The lowest BCUT2D eigenvalue weighted by molar-refractivity contribution is -0.137. The Hall–Kier alpha value is -3.29. The summed E-state index contributed by atoms with van der Waals surface area (Å²) in [4.78, 5) is 6.04. The highest BCUT2D eigenvalue weighted by atomic mass is 19.4. The predicted molar refractivity (Wildman–Crippen MR) is 104 cm³/mol. The highest BCUT2D eigenvalue weighted by Crippen LogP contribution is 2.30. The normalized spacial score (nSPS) is 14.7. The average Bonchev–Trinajstić information content (AvgIpc) is 3.23. The van der Waals surface area contributed by atoms with E-state index in [0.717, 1.165) is 49.4 Å². The van der Waals surface area contributed by atoms with Gasteiger partial charge < -0.3 is 9.64 Å². The first-order chi connectivity index (χ1) is 14.0. The fourth-order valence-corrected chi connectivity index (χ4v) is 3.25. The van der Waals surface area contributed by atoms with E-state index in [1.54, 1.807) is 6.07 Å². The molecule has 5 nitrogen and oxygen atoms in total. The highest BCUT2D eigenvalue weighted by molar-refractivity contribution is 5.56. The van der Waals surface area contributed by atoms with E-state index in [0.29, 0.717) is 5.75 Å². The molecule has 1 aliphatic rings. The number of piperidine rings is 1. The minimum atomic E-state index is -4.41. The number of aromatic nitrogens is 3. The van der Waals surface area contributed by atoms with Crippen molar-refractivity contribution in [2.45, 2.75) is 19.0 Å². The van der Waals surface area contributed by atoms with Gasteiger partial charge in [0.15, 0.2) is 0 Å². The van der Waals surface area contributed by atoms with Gasteiger partial charge in [-0.15, -0.1) is 0 Å². The van der Waals surface area contributed by atoms with E-state index in [2.05, 4.69) is 26.2 Å². The molecule has 3 aromatic rings. The third kappa shape index (κ3) is 4.77. The molecule has 0 spiro atoms. The van der Waals surface area contributed by atoms with Crippen molar-refractivity contribution in [2.24, 2.45) is 0 Å². The lowest BCUT2D eigenvalue weighted by Gasteiger charge is -2.29. The summed E-state index contributed by atoms with van der Waals surface area (Å²) in [6.07, 6.45) is 4.13. The number of anilines is 1. The summed E-state index contributed by atoms with van der Waals surface area (Å²) in [5, 5.41) is 6.82. The summed E-state index contributed by atoms with van der Waals surface area (Å²) < 4.78 is 43.5. The quantitative estimate of drug-likeness (QED) is 0.646. The van der Waals surface area contributed by atoms with Gasteiger partial charge in [0.1, 0.15) is 5.75 Å². The Bertz CT molecular complexity index is 972. The molecule has 0 saturated carbocycles. The maximum absolute atomic E-state index is 12.6. The summed E-state index contributed by atoms with van der Waals surface area (Å²) in [5.74, 6) is 0.652. The van der Waals surface area contributed by atoms with E-state index in [1.165, 1.54) is 11.6 Å². The van der Waals surface area contributed by atoms with Crippen LogP contribution in [0.1, 0.15) is 24.0 Å². The van der Waals surface area contributed by atoms with E-state index in [4.69, 9.17) is 4.74 Å². The van der Waals surface area contributed by atoms with E-state index in [9.17, 15) is 13.2 Å². The Balaban J connectivity index is 1.40. The van der Waals surface area contributed by atoms with Gasteiger partial charge in [0, 0.05) is 31.5 Å². The summed E-state index contributed by atoms with van der Waals surface area (Å²) in [7, 11) is 0. The molecule has 0 aliphatic carbocycles. The fourth-order valence-electron chi connectivity index (χ4n) is 3.25. The molecule has 0 unspecified atom stereocenters. The van der Waals surface area contributed by atoms with Crippen molar-refractivity contribution in [3.8, 4) is 11.6 Å². The van der Waals surface area contributed by atoms with Gasteiger partial charge in [-0.2, -0.15) is 18.3 Å². The van der Waals surface area contributed by atoms with Gasteiger partial charge in [-0.3, -0.25) is 5.10 Å². The first-order valence-electron chi connectivity index (χ1n) is 9.22. The number of aromatic amines is 1. The molecule has 150 valence electrons. The van der Waals surface area contributed by atoms with Crippen molar-refractivity contribution in [2.75, 3.05) is 18.0 Å². The van der Waals surface area contributed by atoms with E-state index in [1.807, 2.05) is 30.6 Å². The Kier molecular flexibility index (Phi) is 5.24. The minimum Gasteiger partial charge on any atom is -0.439 e. The Labute approximate surface area is 165 Å². The first kappa shape index (κ1) is 19.0. The third-order valence-corrected chi connectivity index (χ3v) is 4.77. The number of hydrogen-bond acceptors (Lipinski definition) is 4. The molecule has 0 atom stereocenters. The van der Waals surface area contributed by atoms with E-state index in [-0.39, 0.29) is 5.88 Å². The lowest BCUT2D eigenvalue weighted by atomic mass is 10.0. The van der Waals surface area contributed by atoms with Crippen LogP contribution in [-0.2, 0) is 6.18 Å². The number of ether oxygens (including phenoxy) is 1. The van der Waals surface area contributed by atoms with Crippen LogP contribution < -0.4 is 9.64 Å². The molecule has 2 aromatic heterocycles. The number of nitrogens with one attached hydrogen (secondary N) is 1. The topological polar surface area (TPSA) is 54.0 Å². The monoisotopic (exact) mass is 400 g/mol. The van der Waals surface area contributed by atoms with Gasteiger partial charge in [0.25, 0.3) is 0 Å². The smallest absolute Gasteiger partial charge is 0.417 e. The van der Waals surface area contributed by atoms with Crippen LogP contribution in [0, 0.1) is 0 Å². The van der Waals surface area contributed by atoms with Gasteiger partial charge in [-0.05, 0) is 36.6 Å². The summed E-state index contributed by atoms with van der Waals surface area (Å²) in [5.41, 5.74) is 2.63. The van der Waals surface area contributed by atoms with Crippen LogP contribution in [0.5, 0.6) is 11.6 Å². The molecular formula is C21H19F3N4O. The van der Waals surface area contributed by atoms with Crippen LogP contribution in [0.25, 0.3) is 6.08 Å². The zero-order chi connectivity index (χ0) is 20.3. The molecule has 29 heavy (non-hydrogen) atoms. The minimum absolute atomic E-state index is 0.122. The van der Waals surface area contributed by atoms with Crippen LogP contribution in [0.2, 0.25) is 0 Å². The standard InChI is InChI=1S/C21H19F3N4O/c22-21(23,24)17-4-5-20(25-12-17)29-19-3-1-2-16(11-19)10-15-6-8-28(9-7-15)18-13-26-27-14-18/h1-5,10-14H,6-9H2,(H,26,27). The van der Waals surface area contributed by atoms with Gasteiger partial charge in [-0.1, -0.05) is 23.8 Å². The molecular weight excluding hydrogens is 381 g/mol. The van der Waals surface area contributed by atoms with Crippen LogP contribution >= 0.6 is 0 Å². The van der Waals surface area contributed by atoms with Crippen molar-refractivity contribution in [1.82, 2.24) is 15.2 Å². The third-order valence-electron chi connectivity index (χ3n) is 4.77. The second-order valence-corrected chi connectivity index (χ2v) is 6.80. The number of H-pyrrole nitrogens is 1. The zero-order valence-corrected chi connectivity index (χ0v) is 15.5. The van der Waals surface area contributed by atoms with E-state index >= 15 is 0 Å². The number of halogens is 3. The average molecular weight is 400 g/mol. The number of benzene rings is 1. The molecule has 1 fully saturated rings. The van der Waals surface area contributed by atoms with Gasteiger partial charge in [0.05, 0.1) is 17.4 Å². The van der Waals surface area contributed by atoms with Crippen LogP contribution in [0.15, 0.2) is 60.6 Å². The number of nitrogens with zero attached hydrogens (tertiary/aromatic N) is 3. The Morgan fingerprint density at radius 1 is 1.07 bits per heavy atom. The van der Waals surface area contributed by atoms with Crippen molar-refractivity contribution in [3.63, 3.8) is 0 Å². The maximum atomic E-state index is 12.6. The largest absolute Gasteiger partial charge is 0.439 e. The second-order valence-electron chi connectivity index (χ2n) is 6.80. The molecule has 0 amide bonds. The molecule has 1 N–H and O–H groups in total. The summed E-state index contributed by atoms with van der Waals surface area (Å²) in [6.45, 7) is 1.86. The van der Waals surface area contributed by atoms with Gasteiger partial charge in [-0.25, -0.2) is 4.98 Å². The molecule has 0 radical (unpaired) electrons. The van der Waals surface area contributed by atoms with Crippen molar-refractivity contribution in [1.29, 1.82) is 0 Å².